The fourth-order valence-electron chi connectivity index (χ4n) is 4.14. The minimum absolute atomic E-state index is 0.00579. The third-order valence-corrected chi connectivity index (χ3v) is 5.94. The highest BCUT2D eigenvalue weighted by atomic mass is 16.5. The van der Waals surface area contributed by atoms with Crippen LogP contribution in [-0.2, 0) is 6.42 Å². The summed E-state index contributed by atoms with van der Waals surface area (Å²) in [4.78, 5) is 2.30. The van der Waals surface area contributed by atoms with Crippen LogP contribution in [-0.4, -0.2) is 12.8 Å². The quantitative estimate of drug-likeness (QED) is 0.204. The van der Waals surface area contributed by atoms with Crippen molar-refractivity contribution in [1.82, 2.24) is 0 Å². The van der Waals surface area contributed by atoms with Gasteiger partial charge in [0.25, 0.3) is 0 Å². The highest BCUT2D eigenvalue weighted by Crippen LogP contribution is 2.25. The maximum atomic E-state index is 6.42. The Kier molecular flexibility index (Phi) is 12.1. The van der Waals surface area contributed by atoms with E-state index < -0.39 is 0 Å². The van der Waals surface area contributed by atoms with Crippen molar-refractivity contribution in [2.45, 2.75) is 97.6 Å². The molecule has 0 saturated heterocycles. The normalized spacial score (nSPS) is 12.0. The van der Waals surface area contributed by atoms with Crippen LogP contribution in [0.2, 0.25) is 0 Å². The Hall–Kier alpha value is -1.96. The van der Waals surface area contributed by atoms with Gasteiger partial charge < -0.3 is 9.64 Å². The number of anilines is 1. The van der Waals surface area contributed by atoms with Crippen molar-refractivity contribution >= 4 is 5.69 Å². The van der Waals surface area contributed by atoms with E-state index in [0.717, 1.165) is 18.7 Å². The summed E-state index contributed by atoms with van der Waals surface area (Å²) in [5.41, 5.74) is 2.55. The molecule has 2 nitrogen and oxygen atoms in total. The molecule has 1 unspecified atom stereocenters. The van der Waals surface area contributed by atoms with Crippen LogP contribution >= 0.6 is 0 Å². The standard InChI is InChI=1S/C28H43NO/c1-4-6-7-8-9-10-11-12-13-15-20-26-21-18-19-24-28(26)30-25(3)29(5-2)27-22-16-14-17-23-27/h14,16-19,21-25H,4-13,15,20H2,1-3H3. The van der Waals surface area contributed by atoms with E-state index in [0.29, 0.717) is 0 Å². The number of rotatable bonds is 16. The Morgan fingerprint density at radius 1 is 0.700 bits per heavy atom. The minimum atomic E-state index is 0.00579. The largest absolute Gasteiger partial charge is 0.471 e. The first-order chi connectivity index (χ1) is 14.8. The second-order valence-corrected chi connectivity index (χ2v) is 8.38. The number of aryl methyl sites for hydroxylation is 1. The molecule has 0 aliphatic heterocycles. The van der Waals surface area contributed by atoms with Crippen molar-refractivity contribution in [3.8, 4) is 5.75 Å². The SMILES string of the molecule is CCCCCCCCCCCCc1ccccc1OC(C)N(CC)c1ccccc1. The molecular formula is C28H43NO. The summed E-state index contributed by atoms with van der Waals surface area (Å²) in [6.07, 6.45) is 14.9. The minimum Gasteiger partial charge on any atom is -0.471 e. The van der Waals surface area contributed by atoms with Crippen LogP contribution in [0.25, 0.3) is 0 Å². The number of benzene rings is 2. The molecule has 30 heavy (non-hydrogen) atoms. The third-order valence-electron chi connectivity index (χ3n) is 5.94. The lowest BCUT2D eigenvalue weighted by atomic mass is 10.0. The van der Waals surface area contributed by atoms with E-state index in [4.69, 9.17) is 4.74 Å². The molecule has 2 heteroatoms. The smallest absolute Gasteiger partial charge is 0.169 e. The third kappa shape index (κ3) is 8.81. The average Bonchev–Trinajstić information content (AvgIpc) is 2.77. The molecule has 1 atom stereocenters. The van der Waals surface area contributed by atoms with Gasteiger partial charge in [0.2, 0.25) is 0 Å². The second-order valence-electron chi connectivity index (χ2n) is 8.38. The number of hydrogen-bond acceptors (Lipinski definition) is 2. The number of ether oxygens (including phenoxy) is 1. The van der Waals surface area contributed by atoms with Gasteiger partial charge in [-0.25, -0.2) is 0 Å². The Labute approximate surface area is 185 Å². The maximum Gasteiger partial charge on any atom is 0.169 e. The molecule has 2 aromatic carbocycles. The Balaban J connectivity index is 1.75. The predicted octanol–water partition coefficient (Wildman–Crippen LogP) is 8.40. The van der Waals surface area contributed by atoms with Crippen LogP contribution in [0, 0.1) is 0 Å². The predicted molar refractivity (Wildman–Crippen MR) is 132 cm³/mol. The number of unbranched alkanes of at least 4 members (excludes halogenated alkanes) is 9. The van der Waals surface area contributed by atoms with Gasteiger partial charge in [0.15, 0.2) is 6.23 Å². The second kappa shape index (κ2) is 14.9. The van der Waals surface area contributed by atoms with E-state index in [-0.39, 0.29) is 6.23 Å². The van der Waals surface area contributed by atoms with Gasteiger partial charge in [-0.2, -0.15) is 0 Å². The first-order valence-electron chi connectivity index (χ1n) is 12.3. The van der Waals surface area contributed by atoms with Crippen LogP contribution in [0.1, 0.15) is 90.5 Å². The Morgan fingerprint density at radius 3 is 1.90 bits per heavy atom. The fourth-order valence-corrected chi connectivity index (χ4v) is 4.14. The lowest BCUT2D eigenvalue weighted by Crippen LogP contribution is -2.37. The molecule has 0 saturated carbocycles. The summed E-state index contributed by atoms with van der Waals surface area (Å²) in [6, 6.07) is 19.1. The monoisotopic (exact) mass is 409 g/mol. The van der Waals surface area contributed by atoms with E-state index in [1.807, 2.05) is 0 Å². The van der Waals surface area contributed by atoms with Crippen LogP contribution in [0.3, 0.4) is 0 Å². The summed E-state index contributed by atoms with van der Waals surface area (Å²) in [5, 5.41) is 0. The zero-order chi connectivity index (χ0) is 21.4. The molecule has 0 fully saturated rings. The van der Waals surface area contributed by atoms with Crippen molar-refractivity contribution < 1.29 is 4.74 Å². The first-order valence-corrected chi connectivity index (χ1v) is 12.3. The maximum absolute atomic E-state index is 6.42. The van der Waals surface area contributed by atoms with Gasteiger partial charge in [-0.1, -0.05) is 101 Å². The Morgan fingerprint density at radius 2 is 1.27 bits per heavy atom. The van der Waals surface area contributed by atoms with E-state index in [1.54, 1.807) is 0 Å². The van der Waals surface area contributed by atoms with Crippen molar-refractivity contribution in [2.24, 2.45) is 0 Å². The van der Waals surface area contributed by atoms with Gasteiger partial charge in [0.1, 0.15) is 5.75 Å². The zero-order valence-electron chi connectivity index (χ0n) is 19.6. The van der Waals surface area contributed by atoms with E-state index in [9.17, 15) is 0 Å². The molecule has 0 amide bonds. The number of para-hydroxylation sites is 2. The lowest BCUT2D eigenvalue weighted by molar-refractivity contribution is 0.214. The van der Waals surface area contributed by atoms with Gasteiger partial charge in [-0.3, -0.25) is 0 Å². The van der Waals surface area contributed by atoms with Crippen LogP contribution < -0.4 is 9.64 Å². The molecule has 0 aliphatic rings. The molecule has 166 valence electrons. The fraction of sp³-hybridized carbons (Fsp3) is 0.571. The molecule has 0 spiro atoms. The zero-order valence-corrected chi connectivity index (χ0v) is 19.6. The van der Waals surface area contributed by atoms with Gasteiger partial charge in [-0.05, 0) is 50.5 Å². The molecule has 2 aromatic rings. The van der Waals surface area contributed by atoms with Crippen molar-refractivity contribution in [3.63, 3.8) is 0 Å². The molecule has 0 N–H and O–H groups in total. The van der Waals surface area contributed by atoms with Crippen molar-refractivity contribution in [3.05, 3.63) is 60.2 Å². The Bertz CT molecular complexity index is 669. The summed E-state index contributed by atoms with van der Waals surface area (Å²) in [6.45, 7) is 7.54. The number of hydrogen-bond donors (Lipinski definition) is 0. The first kappa shape index (κ1) is 24.3. The van der Waals surface area contributed by atoms with Crippen molar-refractivity contribution in [2.75, 3.05) is 11.4 Å². The summed E-state index contributed by atoms with van der Waals surface area (Å²) in [5.74, 6) is 1.04. The van der Waals surface area contributed by atoms with Gasteiger partial charge in [0.05, 0.1) is 0 Å². The van der Waals surface area contributed by atoms with Crippen LogP contribution in [0.5, 0.6) is 5.75 Å². The molecule has 0 radical (unpaired) electrons. The van der Waals surface area contributed by atoms with Gasteiger partial charge in [-0.15, -0.1) is 0 Å². The van der Waals surface area contributed by atoms with Crippen molar-refractivity contribution in [1.29, 1.82) is 0 Å². The van der Waals surface area contributed by atoms with Gasteiger partial charge >= 0.3 is 0 Å². The van der Waals surface area contributed by atoms with E-state index >= 15 is 0 Å². The number of nitrogens with zero attached hydrogens (tertiary/aromatic N) is 1. The van der Waals surface area contributed by atoms with Crippen LogP contribution in [0.4, 0.5) is 5.69 Å². The van der Waals surface area contributed by atoms with Gasteiger partial charge in [0, 0.05) is 12.2 Å². The lowest BCUT2D eigenvalue weighted by Gasteiger charge is -2.31. The molecule has 0 aliphatic carbocycles. The molecular weight excluding hydrogens is 366 g/mol. The summed E-state index contributed by atoms with van der Waals surface area (Å²) < 4.78 is 6.42. The summed E-state index contributed by atoms with van der Waals surface area (Å²) >= 11 is 0. The average molecular weight is 410 g/mol. The molecule has 0 aromatic heterocycles. The highest BCUT2D eigenvalue weighted by molar-refractivity contribution is 5.46. The topological polar surface area (TPSA) is 12.5 Å². The summed E-state index contributed by atoms with van der Waals surface area (Å²) in [7, 11) is 0. The molecule has 0 bridgehead atoms. The highest BCUT2D eigenvalue weighted by Gasteiger charge is 2.15. The molecule has 0 heterocycles. The van der Waals surface area contributed by atoms with Crippen LogP contribution in [0.15, 0.2) is 54.6 Å². The van der Waals surface area contributed by atoms with E-state index in [2.05, 4.69) is 80.3 Å². The van der Waals surface area contributed by atoms with E-state index in [1.165, 1.54) is 75.5 Å². The molecule has 2 rings (SSSR count).